The predicted molar refractivity (Wildman–Crippen MR) is 79.7 cm³/mol. The number of hydrogen-bond acceptors (Lipinski definition) is 4. The van der Waals surface area contributed by atoms with Crippen molar-refractivity contribution in [1.82, 2.24) is 24.3 Å². The third kappa shape index (κ3) is 3.96. The van der Waals surface area contributed by atoms with E-state index in [4.69, 9.17) is 0 Å². The fourth-order valence-corrected chi connectivity index (χ4v) is 3.41. The van der Waals surface area contributed by atoms with E-state index in [1.807, 2.05) is 0 Å². The van der Waals surface area contributed by atoms with Crippen molar-refractivity contribution < 1.29 is 21.6 Å². The van der Waals surface area contributed by atoms with E-state index in [9.17, 15) is 21.6 Å². The fourth-order valence-electron chi connectivity index (χ4n) is 2.13. The second-order valence-electron chi connectivity index (χ2n) is 5.36. The van der Waals surface area contributed by atoms with Crippen LogP contribution in [0.5, 0.6) is 0 Å². The van der Waals surface area contributed by atoms with Crippen molar-refractivity contribution in [3.05, 3.63) is 29.3 Å². The molecular weight excluding hydrogens is 347 g/mol. The van der Waals surface area contributed by atoms with E-state index < -0.39 is 21.9 Å². The molecule has 0 spiro atoms. The fraction of sp³-hybridized carbons (Fsp3) is 0.538. The molecule has 2 aromatic heterocycles. The van der Waals surface area contributed by atoms with Crippen LogP contribution in [0.3, 0.4) is 0 Å². The van der Waals surface area contributed by atoms with E-state index in [0.29, 0.717) is 17.8 Å². The van der Waals surface area contributed by atoms with Gasteiger partial charge in [-0.05, 0) is 26.3 Å². The lowest BCUT2D eigenvalue weighted by molar-refractivity contribution is -0.141. The zero-order valence-electron chi connectivity index (χ0n) is 13.4. The lowest BCUT2D eigenvalue weighted by atomic mass is 10.3. The highest BCUT2D eigenvalue weighted by Crippen LogP contribution is 2.28. The number of aromatic nitrogens is 4. The number of sulfonamides is 1. The summed E-state index contributed by atoms with van der Waals surface area (Å²) in [7, 11) is -2.06. The molecule has 0 atom stereocenters. The Morgan fingerprint density at radius 1 is 1.29 bits per heavy atom. The van der Waals surface area contributed by atoms with Crippen LogP contribution in [0, 0.1) is 13.8 Å². The highest BCUT2D eigenvalue weighted by atomic mass is 32.2. The van der Waals surface area contributed by atoms with Crippen molar-refractivity contribution >= 4 is 10.0 Å². The van der Waals surface area contributed by atoms with Gasteiger partial charge < -0.3 is 0 Å². The van der Waals surface area contributed by atoms with Crippen molar-refractivity contribution in [2.45, 2.75) is 37.9 Å². The summed E-state index contributed by atoms with van der Waals surface area (Å²) < 4.78 is 67.1. The topological polar surface area (TPSA) is 81.8 Å². The van der Waals surface area contributed by atoms with Gasteiger partial charge in [0.1, 0.15) is 4.90 Å². The van der Waals surface area contributed by atoms with E-state index in [2.05, 4.69) is 14.9 Å². The third-order valence-corrected chi connectivity index (χ3v) is 5.15. The highest BCUT2D eigenvalue weighted by Gasteiger charge is 2.34. The maximum Gasteiger partial charge on any atom is 0.435 e. The second-order valence-corrected chi connectivity index (χ2v) is 7.10. The first kappa shape index (κ1) is 18.5. The highest BCUT2D eigenvalue weighted by molar-refractivity contribution is 7.89. The molecule has 0 saturated carbocycles. The normalized spacial score (nSPS) is 12.8. The standard InChI is InChI=1S/C13H18F3N5O2S/c1-9-7-12(13(14,15)16)19-21(9)6-4-5-18-24(22,23)11-8-17-20(3)10(11)2/h7-8,18H,4-6H2,1-3H3. The van der Waals surface area contributed by atoms with Gasteiger partial charge in [0.25, 0.3) is 0 Å². The minimum absolute atomic E-state index is 0.0807. The minimum atomic E-state index is -4.49. The van der Waals surface area contributed by atoms with Gasteiger partial charge >= 0.3 is 6.18 Å². The van der Waals surface area contributed by atoms with Gasteiger partial charge in [0.2, 0.25) is 10.0 Å². The van der Waals surface area contributed by atoms with Gasteiger partial charge in [-0.25, -0.2) is 13.1 Å². The zero-order valence-corrected chi connectivity index (χ0v) is 14.2. The summed E-state index contributed by atoms with van der Waals surface area (Å²) in [4.78, 5) is 0.0830. The van der Waals surface area contributed by atoms with Gasteiger partial charge in [-0.2, -0.15) is 23.4 Å². The molecular formula is C13H18F3N5O2S. The van der Waals surface area contributed by atoms with Crippen molar-refractivity contribution in [3.8, 4) is 0 Å². The minimum Gasteiger partial charge on any atom is -0.272 e. The van der Waals surface area contributed by atoms with Crippen LogP contribution in [-0.2, 0) is 29.8 Å². The summed E-state index contributed by atoms with van der Waals surface area (Å²) in [6, 6.07) is 0.961. The van der Waals surface area contributed by atoms with Crippen LogP contribution in [0.25, 0.3) is 0 Å². The average molecular weight is 365 g/mol. The van der Waals surface area contributed by atoms with E-state index in [1.165, 1.54) is 22.5 Å². The molecule has 0 unspecified atom stereocenters. The Bertz CT molecular complexity index is 823. The number of alkyl halides is 3. The molecule has 0 aliphatic heterocycles. The van der Waals surface area contributed by atoms with Crippen molar-refractivity contribution in [1.29, 1.82) is 0 Å². The summed E-state index contributed by atoms with van der Waals surface area (Å²) >= 11 is 0. The van der Waals surface area contributed by atoms with Crippen LogP contribution >= 0.6 is 0 Å². The van der Waals surface area contributed by atoms with Crippen molar-refractivity contribution in [3.63, 3.8) is 0 Å². The molecule has 0 aliphatic rings. The summed E-state index contributed by atoms with van der Waals surface area (Å²) in [6.07, 6.45) is -2.93. The number of aryl methyl sites for hydroxylation is 3. The molecule has 0 amide bonds. The van der Waals surface area contributed by atoms with Crippen LogP contribution in [0.4, 0.5) is 13.2 Å². The summed E-state index contributed by atoms with van der Waals surface area (Å²) in [6.45, 7) is 3.41. The van der Waals surface area contributed by atoms with E-state index >= 15 is 0 Å². The summed E-state index contributed by atoms with van der Waals surface area (Å²) in [5.74, 6) is 0. The molecule has 134 valence electrons. The molecule has 1 N–H and O–H groups in total. The van der Waals surface area contributed by atoms with Crippen molar-refractivity contribution in [2.24, 2.45) is 7.05 Å². The molecule has 0 aromatic carbocycles. The van der Waals surface area contributed by atoms with Crippen LogP contribution in [0.1, 0.15) is 23.5 Å². The molecule has 2 heterocycles. The van der Waals surface area contributed by atoms with Gasteiger partial charge in [-0.15, -0.1) is 0 Å². The SMILES string of the molecule is Cc1c(S(=O)(=O)NCCCn2nc(C(F)(F)F)cc2C)cnn1C. The van der Waals surface area contributed by atoms with Crippen LogP contribution in [0.2, 0.25) is 0 Å². The largest absolute Gasteiger partial charge is 0.435 e. The monoisotopic (exact) mass is 365 g/mol. The Morgan fingerprint density at radius 3 is 2.46 bits per heavy atom. The number of nitrogens with one attached hydrogen (secondary N) is 1. The number of halogens is 3. The molecule has 0 fully saturated rings. The maximum absolute atomic E-state index is 12.6. The van der Waals surface area contributed by atoms with E-state index in [-0.39, 0.29) is 18.0 Å². The smallest absolute Gasteiger partial charge is 0.272 e. The first-order chi connectivity index (χ1) is 11.0. The lowest BCUT2D eigenvalue weighted by Crippen LogP contribution is -2.26. The summed E-state index contributed by atoms with van der Waals surface area (Å²) in [5.41, 5.74) is -0.0832. The number of rotatable bonds is 6. The third-order valence-electron chi connectivity index (χ3n) is 3.59. The van der Waals surface area contributed by atoms with Crippen molar-refractivity contribution in [2.75, 3.05) is 6.54 Å². The predicted octanol–water partition coefficient (Wildman–Crippen LogP) is 1.62. The summed E-state index contributed by atoms with van der Waals surface area (Å²) in [5, 5.41) is 7.36. The first-order valence-corrected chi connectivity index (χ1v) is 8.60. The molecule has 11 heteroatoms. The second kappa shape index (κ2) is 6.55. The molecule has 24 heavy (non-hydrogen) atoms. The molecule has 0 aliphatic carbocycles. The Labute approximate surface area is 137 Å². The first-order valence-electron chi connectivity index (χ1n) is 7.12. The van der Waals surface area contributed by atoms with Gasteiger partial charge in [0, 0.05) is 25.8 Å². The van der Waals surface area contributed by atoms with E-state index in [0.717, 1.165) is 6.07 Å². The van der Waals surface area contributed by atoms with Gasteiger partial charge in [-0.3, -0.25) is 9.36 Å². The van der Waals surface area contributed by atoms with Gasteiger partial charge in [0.05, 0.1) is 11.9 Å². The Kier molecular flexibility index (Phi) is 5.04. The molecule has 2 rings (SSSR count). The molecule has 0 radical (unpaired) electrons. The van der Waals surface area contributed by atoms with Crippen LogP contribution in [-0.4, -0.2) is 34.5 Å². The van der Waals surface area contributed by atoms with Crippen LogP contribution in [0.15, 0.2) is 17.2 Å². The molecule has 0 bridgehead atoms. The van der Waals surface area contributed by atoms with E-state index in [1.54, 1.807) is 14.0 Å². The Balaban J connectivity index is 1.94. The molecule has 7 nitrogen and oxygen atoms in total. The lowest BCUT2D eigenvalue weighted by Gasteiger charge is -2.07. The quantitative estimate of drug-likeness (QED) is 0.789. The molecule has 0 saturated heterocycles. The zero-order chi connectivity index (χ0) is 18.1. The number of hydrogen-bond donors (Lipinski definition) is 1. The maximum atomic E-state index is 12.6. The molecule has 2 aromatic rings. The number of nitrogens with zero attached hydrogens (tertiary/aromatic N) is 4. The average Bonchev–Trinajstić information content (AvgIpc) is 2.99. The van der Waals surface area contributed by atoms with Crippen LogP contribution < -0.4 is 4.72 Å². The Hall–Kier alpha value is -1.88. The van der Waals surface area contributed by atoms with Gasteiger partial charge in [0.15, 0.2) is 5.69 Å². The Morgan fingerprint density at radius 2 is 1.96 bits per heavy atom. The van der Waals surface area contributed by atoms with Gasteiger partial charge in [-0.1, -0.05) is 0 Å².